The summed E-state index contributed by atoms with van der Waals surface area (Å²) in [6.45, 7) is 3.60. The fraction of sp³-hybridized carbons (Fsp3) is 0.896. The van der Waals surface area contributed by atoms with Crippen LogP contribution >= 0.6 is 0 Å². The van der Waals surface area contributed by atoms with Crippen LogP contribution in [0.2, 0.25) is 0 Å². The fourth-order valence-electron chi connectivity index (χ4n) is 10.7. The minimum atomic E-state index is -1.62. The van der Waals surface area contributed by atoms with Gasteiger partial charge in [0.15, 0.2) is 6.29 Å². The summed E-state index contributed by atoms with van der Waals surface area (Å²) in [5.41, 5.74) is 0. The zero-order chi connectivity index (χ0) is 55.9. The van der Waals surface area contributed by atoms with Crippen LogP contribution in [0.25, 0.3) is 0 Å². The van der Waals surface area contributed by atoms with Gasteiger partial charge in [-0.2, -0.15) is 0 Å². The maximum Gasteiger partial charge on any atom is 0.249 e. The van der Waals surface area contributed by atoms with Gasteiger partial charge >= 0.3 is 0 Å². The van der Waals surface area contributed by atoms with Crippen molar-refractivity contribution in [1.82, 2.24) is 5.32 Å². The van der Waals surface area contributed by atoms with Crippen molar-refractivity contribution in [1.29, 1.82) is 0 Å². The molecule has 0 aromatic carbocycles. The van der Waals surface area contributed by atoms with Crippen molar-refractivity contribution in [2.75, 3.05) is 13.2 Å². The number of nitrogens with one attached hydrogen (secondary N) is 1. The van der Waals surface area contributed by atoms with E-state index >= 15 is 0 Å². The average molecular weight is 1090 g/mol. The maximum atomic E-state index is 13.1. The van der Waals surface area contributed by atoms with E-state index in [0.717, 1.165) is 44.9 Å². The van der Waals surface area contributed by atoms with E-state index in [1.165, 1.54) is 244 Å². The number of carbonyl (C=O) groups is 1. The second kappa shape index (κ2) is 56.2. The van der Waals surface area contributed by atoms with Crippen LogP contribution in [-0.2, 0) is 14.3 Å². The van der Waals surface area contributed by atoms with Gasteiger partial charge in [0.2, 0.25) is 5.91 Å². The van der Waals surface area contributed by atoms with Gasteiger partial charge < -0.3 is 45.4 Å². The van der Waals surface area contributed by atoms with Crippen LogP contribution in [0.4, 0.5) is 0 Å². The molecule has 1 saturated heterocycles. The first-order valence-electron chi connectivity index (χ1n) is 33.3. The van der Waals surface area contributed by atoms with Crippen molar-refractivity contribution in [2.45, 2.75) is 371 Å². The molecule has 0 radical (unpaired) electrons. The topological polar surface area (TPSA) is 169 Å². The summed E-state index contributed by atoms with van der Waals surface area (Å²) >= 11 is 0. The van der Waals surface area contributed by atoms with Crippen LogP contribution in [0.15, 0.2) is 36.5 Å². The van der Waals surface area contributed by atoms with Crippen molar-refractivity contribution in [3.63, 3.8) is 0 Å². The lowest BCUT2D eigenvalue weighted by atomic mass is 9.99. The third-order valence-corrected chi connectivity index (χ3v) is 16.1. The van der Waals surface area contributed by atoms with Gasteiger partial charge in [-0.05, 0) is 44.9 Å². The maximum absolute atomic E-state index is 13.1. The van der Waals surface area contributed by atoms with Crippen LogP contribution in [0.1, 0.15) is 322 Å². The highest BCUT2D eigenvalue weighted by Crippen LogP contribution is 2.23. The molecule has 1 fully saturated rings. The number of carbonyl (C=O) groups excluding carboxylic acids is 1. The molecule has 0 bridgehead atoms. The second-order valence-corrected chi connectivity index (χ2v) is 23.4. The van der Waals surface area contributed by atoms with Gasteiger partial charge in [-0.1, -0.05) is 314 Å². The first kappa shape index (κ1) is 73.4. The Hall–Kier alpha value is -1.63. The Labute approximate surface area is 474 Å². The van der Waals surface area contributed by atoms with E-state index in [-0.39, 0.29) is 6.61 Å². The lowest BCUT2D eigenvalue weighted by Crippen LogP contribution is -2.60. The molecule has 10 nitrogen and oxygen atoms in total. The van der Waals surface area contributed by atoms with E-state index in [1.54, 1.807) is 6.08 Å². The van der Waals surface area contributed by atoms with Gasteiger partial charge in [0.1, 0.15) is 30.5 Å². The number of hydrogen-bond acceptors (Lipinski definition) is 9. The molecule has 1 aliphatic heterocycles. The largest absolute Gasteiger partial charge is 0.394 e. The third kappa shape index (κ3) is 44.7. The highest BCUT2D eigenvalue weighted by molar-refractivity contribution is 5.80. The molecule has 1 heterocycles. The van der Waals surface area contributed by atoms with E-state index in [0.29, 0.717) is 19.3 Å². The standard InChI is InChI=1S/C67H127NO9/c1-3-5-7-9-11-13-15-17-19-20-21-22-23-24-25-26-27-28-29-30-31-32-33-34-35-36-37-38-39-40-41-42-44-46-48-50-52-54-56-61(71)66(75)68-59(58-76-67-65(74)64(73)63(72)62(57-69)77-67)60(70)55-53-51-49-47-45-43-18-16-14-12-10-8-6-4-2/h14,16,45,47,53,55,59-65,67,69-74H,3-13,15,17-44,46,48-52,54,56-58H2,1-2H3,(H,68,75)/b16-14+,47-45+,55-53+. The number of rotatable bonds is 58. The van der Waals surface area contributed by atoms with Crippen molar-refractivity contribution in [3.8, 4) is 0 Å². The summed E-state index contributed by atoms with van der Waals surface area (Å²) in [6.07, 6.45) is 64.5. The molecule has 8 atom stereocenters. The zero-order valence-electron chi connectivity index (χ0n) is 50.3. The van der Waals surface area contributed by atoms with E-state index in [2.05, 4.69) is 43.5 Å². The summed E-state index contributed by atoms with van der Waals surface area (Å²) in [4.78, 5) is 13.1. The monoisotopic (exact) mass is 1090 g/mol. The molecule has 1 rings (SSSR count). The lowest BCUT2D eigenvalue weighted by Gasteiger charge is -2.40. The Kier molecular flexibility index (Phi) is 53.6. The van der Waals surface area contributed by atoms with Crippen molar-refractivity contribution >= 4 is 5.91 Å². The van der Waals surface area contributed by atoms with E-state index < -0.39 is 61.5 Å². The fourth-order valence-corrected chi connectivity index (χ4v) is 10.7. The number of hydrogen-bond donors (Lipinski definition) is 7. The molecule has 0 saturated carbocycles. The molecule has 0 aromatic rings. The van der Waals surface area contributed by atoms with Crippen molar-refractivity contribution in [3.05, 3.63) is 36.5 Å². The summed E-state index contributed by atoms with van der Waals surface area (Å²) in [6, 6.07) is -1.00. The summed E-state index contributed by atoms with van der Waals surface area (Å²) in [5, 5.41) is 65.0. The number of amides is 1. The lowest BCUT2D eigenvalue weighted by molar-refractivity contribution is -0.302. The van der Waals surface area contributed by atoms with Crippen molar-refractivity contribution < 1.29 is 44.9 Å². The van der Waals surface area contributed by atoms with E-state index in [4.69, 9.17) is 9.47 Å². The molecule has 1 amide bonds. The minimum absolute atomic E-state index is 0.304. The smallest absolute Gasteiger partial charge is 0.249 e. The van der Waals surface area contributed by atoms with E-state index in [9.17, 15) is 35.4 Å². The van der Waals surface area contributed by atoms with Crippen molar-refractivity contribution in [2.24, 2.45) is 0 Å². The first-order chi connectivity index (χ1) is 37.8. The molecule has 7 N–H and O–H groups in total. The predicted octanol–water partition coefficient (Wildman–Crippen LogP) is 16.4. The van der Waals surface area contributed by atoms with Crippen LogP contribution in [0.5, 0.6) is 0 Å². The average Bonchev–Trinajstić information content (AvgIpc) is 3.44. The number of aliphatic hydroxyl groups excluding tert-OH is 6. The van der Waals surface area contributed by atoms with Gasteiger partial charge in [0.25, 0.3) is 0 Å². The second-order valence-electron chi connectivity index (χ2n) is 23.4. The Morgan fingerprint density at radius 1 is 0.442 bits per heavy atom. The van der Waals surface area contributed by atoms with Gasteiger partial charge in [0, 0.05) is 0 Å². The van der Waals surface area contributed by atoms with Crippen LogP contribution < -0.4 is 5.32 Å². The third-order valence-electron chi connectivity index (χ3n) is 16.1. The molecule has 8 unspecified atom stereocenters. The molecule has 10 heteroatoms. The summed E-state index contributed by atoms with van der Waals surface area (Å²) < 4.78 is 11.2. The molecule has 1 aliphatic rings. The Morgan fingerprint density at radius 2 is 0.766 bits per heavy atom. The summed E-state index contributed by atoms with van der Waals surface area (Å²) in [7, 11) is 0. The normalized spacial score (nSPS) is 19.3. The van der Waals surface area contributed by atoms with Gasteiger partial charge in [-0.15, -0.1) is 0 Å². The van der Waals surface area contributed by atoms with Gasteiger partial charge in [-0.3, -0.25) is 4.79 Å². The van der Waals surface area contributed by atoms with Gasteiger partial charge in [0.05, 0.1) is 25.4 Å². The number of allylic oxidation sites excluding steroid dienone is 5. The first-order valence-corrected chi connectivity index (χ1v) is 33.3. The summed E-state index contributed by atoms with van der Waals surface area (Å²) in [5.74, 6) is -0.626. The molecule has 0 aliphatic carbocycles. The minimum Gasteiger partial charge on any atom is -0.394 e. The quantitative estimate of drug-likeness (QED) is 0.0232. The Bertz CT molecular complexity index is 1330. The Morgan fingerprint density at radius 3 is 1.13 bits per heavy atom. The highest BCUT2D eigenvalue weighted by Gasteiger charge is 2.44. The zero-order valence-corrected chi connectivity index (χ0v) is 50.3. The highest BCUT2D eigenvalue weighted by atomic mass is 16.7. The SMILES string of the molecule is CCCCCC/C=C/CC/C=C/CC/C=C/C(O)C(COC1OC(CO)C(O)C(O)C1O)NC(=O)C(O)CCCCCCCCCCCCCCCCCCCCCCCCCCCCCCCCCCCCCCCC. The molecular weight excluding hydrogens is 963 g/mol. The van der Waals surface area contributed by atoms with E-state index in [1.807, 2.05) is 6.08 Å². The van der Waals surface area contributed by atoms with Crippen LogP contribution in [0, 0.1) is 0 Å². The van der Waals surface area contributed by atoms with Gasteiger partial charge in [-0.25, -0.2) is 0 Å². The molecule has 454 valence electrons. The van der Waals surface area contributed by atoms with Crippen LogP contribution in [-0.4, -0.2) is 98.7 Å². The predicted molar refractivity (Wildman–Crippen MR) is 324 cm³/mol. The molecule has 77 heavy (non-hydrogen) atoms. The van der Waals surface area contributed by atoms with Crippen LogP contribution in [0.3, 0.4) is 0 Å². The number of ether oxygens (including phenoxy) is 2. The molecular formula is C67H127NO9. The molecule has 0 spiro atoms. The Balaban J connectivity index is 2.07. The number of aliphatic hydroxyl groups is 6. The number of unbranched alkanes of at least 4 members (excludes halogenated alkanes) is 43. The molecule has 0 aromatic heterocycles.